The second-order valence-electron chi connectivity index (χ2n) is 11.6. The molecule has 0 spiro atoms. The molecule has 0 unspecified atom stereocenters. The largest absolute Gasteiger partial charge is 0.309 e. The van der Waals surface area contributed by atoms with Gasteiger partial charge >= 0.3 is 0 Å². The topological polar surface area (TPSA) is 27.1 Å². The quantitative estimate of drug-likeness (QED) is 0.189. The number of benzene rings is 6. The first-order valence-corrected chi connectivity index (χ1v) is 15.3. The molecule has 0 atom stereocenters. The number of hydrogen-bond acceptors (Lipinski definition) is 1. The number of hydrogen-bond donors (Lipinski definition) is 0. The van der Waals surface area contributed by atoms with Gasteiger partial charge in [-0.1, -0.05) is 84.9 Å². The van der Waals surface area contributed by atoms with Crippen molar-refractivity contribution >= 4 is 49.3 Å². The van der Waals surface area contributed by atoms with E-state index in [2.05, 4.69) is 140 Å². The monoisotopic (exact) mass is 586 g/mol. The highest BCUT2D eigenvalue weighted by Gasteiger charge is 2.17. The highest BCUT2D eigenvalue weighted by molar-refractivity contribution is 6.13. The van der Waals surface area contributed by atoms with Crippen molar-refractivity contribution in [1.29, 1.82) is 0 Å². The predicted octanol–water partition coefficient (Wildman–Crippen LogP) is 11.2. The zero-order valence-electron chi connectivity index (χ0n) is 24.8. The maximum absolute atomic E-state index is 7.34. The summed E-state index contributed by atoms with van der Waals surface area (Å²) < 4.78 is 4.69. The molecule has 0 aliphatic rings. The third kappa shape index (κ3) is 4.03. The van der Waals surface area contributed by atoms with Crippen molar-refractivity contribution in [2.75, 3.05) is 0 Å². The highest BCUT2D eigenvalue weighted by atomic mass is 15.0. The van der Waals surface area contributed by atoms with Crippen molar-refractivity contribution < 1.29 is 0 Å². The van der Waals surface area contributed by atoms with Gasteiger partial charge in [0.25, 0.3) is 0 Å². The van der Waals surface area contributed by atoms with E-state index in [0.717, 1.165) is 61.1 Å². The number of fused-ring (bicyclic) bond motifs is 6. The second-order valence-corrected chi connectivity index (χ2v) is 11.6. The lowest BCUT2D eigenvalue weighted by molar-refractivity contribution is 1.17. The predicted molar refractivity (Wildman–Crippen MR) is 190 cm³/mol. The first kappa shape index (κ1) is 26.0. The summed E-state index contributed by atoms with van der Waals surface area (Å²) >= 11 is 0. The molecular formula is C42H26N4. The minimum absolute atomic E-state index is 0.648. The Bertz CT molecular complexity index is 2620. The van der Waals surface area contributed by atoms with Crippen molar-refractivity contribution in [3.05, 3.63) is 169 Å². The van der Waals surface area contributed by atoms with Crippen LogP contribution in [0.4, 0.5) is 5.69 Å². The molecule has 0 saturated carbocycles. The van der Waals surface area contributed by atoms with E-state index >= 15 is 0 Å². The molecule has 214 valence electrons. The molecular weight excluding hydrogens is 560 g/mol. The lowest BCUT2D eigenvalue weighted by Gasteiger charge is -2.10. The van der Waals surface area contributed by atoms with Gasteiger partial charge in [-0.3, -0.25) is 4.98 Å². The molecule has 0 N–H and O–H groups in total. The Labute approximate surface area is 265 Å². The highest BCUT2D eigenvalue weighted by Crippen LogP contribution is 2.39. The summed E-state index contributed by atoms with van der Waals surface area (Å²) in [5, 5.41) is 4.72. The van der Waals surface area contributed by atoms with E-state index in [1.165, 1.54) is 16.2 Å². The van der Waals surface area contributed by atoms with Crippen LogP contribution >= 0.6 is 0 Å². The van der Waals surface area contributed by atoms with Gasteiger partial charge in [-0.25, -0.2) is 4.85 Å². The van der Waals surface area contributed by atoms with Crippen molar-refractivity contribution in [2.45, 2.75) is 0 Å². The first-order chi connectivity index (χ1) is 22.8. The number of nitrogens with zero attached hydrogens (tertiary/aromatic N) is 4. The van der Waals surface area contributed by atoms with Gasteiger partial charge in [0.2, 0.25) is 0 Å². The summed E-state index contributed by atoms with van der Waals surface area (Å²) in [7, 11) is 0. The van der Waals surface area contributed by atoms with Gasteiger partial charge in [0.15, 0.2) is 5.69 Å². The standard InChI is InChI=1S/C42H26N4/c1-43-32-17-12-28(13-18-32)29-15-20-39-36(24-29)37-25-30(16-21-40(37)45(39)33-8-4-2-5-9-33)31-14-19-35-38-27-44-23-22-41(38)46(42(35)26-31)34-10-6-3-7-11-34/h2-27H. The van der Waals surface area contributed by atoms with E-state index in [-0.39, 0.29) is 0 Å². The molecule has 9 rings (SSSR count). The van der Waals surface area contributed by atoms with E-state index < -0.39 is 0 Å². The molecule has 0 aliphatic carbocycles. The Morgan fingerprint density at radius 1 is 0.435 bits per heavy atom. The molecule has 0 bridgehead atoms. The van der Waals surface area contributed by atoms with Crippen LogP contribution in [0.2, 0.25) is 0 Å². The summed E-state index contributed by atoms with van der Waals surface area (Å²) in [6, 6.07) is 51.3. The number of pyridine rings is 1. The fraction of sp³-hybridized carbons (Fsp3) is 0. The lowest BCUT2D eigenvalue weighted by Crippen LogP contribution is -1.93. The van der Waals surface area contributed by atoms with Gasteiger partial charge in [0.1, 0.15) is 0 Å². The van der Waals surface area contributed by atoms with Gasteiger partial charge in [-0.2, -0.15) is 0 Å². The van der Waals surface area contributed by atoms with Crippen LogP contribution in [0.5, 0.6) is 0 Å². The van der Waals surface area contributed by atoms with Crippen molar-refractivity contribution in [1.82, 2.24) is 14.1 Å². The van der Waals surface area contributed by atoms with Crippen LogP contribution in [0.15, 0.2) is 158 Å². The fourth-order valence-electron chi connectivity index (χ4n) is 6.86. The smallest absolute Gasteiger partial charge is 0.187 e. The zero-order valence-corrected chi connectivity index (χ0v) is 24.8. The second kappa shape index (κ2) is 10.3. The molecule has 0 aliphatic heterocycles. The number of aromatic nitrogens is 3. The van der Waals surface area contributed by atoms with Crippen molar-refractivity contribution in [3.8, 4) is 33.6 Å². The number of para-hydroxylation sites is 2. The van der Waals surface area contributed by atoms with Crippen LogP contribution in [-0.2, 0) is 0 Å². The van der Waals surface area contributed by atoms with Gasteiger partial charge in [-0.15, -0.1) is 0 Å². The van der Waals surface area contributed by atoms with Crippen LogP contribution in [0, 0.1) is 6.57 Å². The van der Waals surface area contributed by atoms with E-state index in [1.807, 2.05) is 36.7 Å². The van der Waals surface area contributed by atoms with Gasteiger partial charge in [0, 0.05) is 45.3 Å². The van der Waals surface area contributed by atoms with Gasteiger partial charge in [-0.05, 0) is 82.9 Å². The molecule has 3 heterocycles. The van der Waals surface area contributed by atoms with Crippen LogP contribution in [-0.4, -0.2) is 14.1 Å². The third-order valence-electron chi connectivity index (χ3n) is 9.02. The van der Waals surface area contributed by atoms with Crippen LogP contribution in [0.3, 0.4) is 0 Å². The van der Waals surface area contributed by atoms with E-state index in [4.69, 9.17) is 6.57 Å². The first-order valence-electron chi connectivity index (χ1n) is 15.3. The molecule has 3 aromatic heterocycles. The Morgan fingerprint density at radius 3 is 1.59 bits per heavy atom. The summed E-state index contributed by atoms with van der Waals surface area (Å²) in [5.74, 6) is 0. The van der Waals surface area contributed by atoms with E-state index in [1.54, 1.807) is 0 Å². The molecule has 0 saturated heterocycles. The molecule has 0 fully saturated rings. The zero-order chi connectivity index (χ0) is 30.6. The Hall–Kier alpha value is -6.44. The van der Waals surface area contributed by atoms with Gasteiger partial charge in [0.05, 0.1) is 28.6 Å². The summed E-state index contributed by atoms with van der Waals surface area (Å²) in [6.07, 6.45) is 3.83. The fourth-order valence-corrected chi connectivity index (χ4v) is 6.86. The Kier molecular flexibility index (Phi) is 5.84. The van der Waals surface area contributed by atoms with Crippen LogP contribution < -0.4 is 0 Å². The summed E-state index contributed by atoms with van der Waals surface area (Å²) in [4.78, 5) is 8.02. The SMILES string of the molecule is [C-]#[N+]c1ccc(-c2ccc3c(c2)c2cc(-c4ccc5c6cnccc6n(-c6ccccc6)c5c4)ccc2n3-c2ccccc2)cc1. The number of rotatable bonds is 4. The molecule has 0 radical (unpaired) electrons. The van der Waals surface area contributed by atoms with Crippen LogP contribution in [0.1, 0.15) is 0 Å². The maximum atomic E-state index is 7.34. The molecule has 9 aromatic rings. The van der Waals surface area contributed by atoms with Crippen molar-refractivity contribution in [2.24, 2.45) is 0 Å². The average Bonchev–Trinajstić information content (AvgIpc) is 3.64. The minimum Gasteiger partial charge on any atom is -0.309 e. The normalized spacial score (nSPS) is 11.5. The van der Waals surface area contributed by atoms with Gasteiger partial charge < -0.3 is 9.13 Å². The third-order valence-corrected chi connectivity index (χ3v) is 9.02. The Balaban J connectivity index is 1.28. The molecule has 0 amide bonds. The van der Waals surface area contributed by atoms with Crippen LogP contribution in [0.25, 0.3) is 82.1 Å². The van der Waals surface area contributed by atoms with Crippen molar-refractivity contribution in [3.63, 3.8) is 0 Å². The molecule has 4 heteroatoms. The summed E-state index contributed by atoms with van der Waals surface area (Å²) in [6.45, 7) is 7.34. The molecule has 4 nitrogen and oxygen atoms in total. The maximum Gasteiger partial charge on any atom is 0.187 e. The Morgan fingerprint density at radius 2 is 0.957 bits per heavy atom. The minimum atomic E-state index is 0.648. The molecule has 46 heavy (non-hydrogen) atoms. The molecule has 6 aromatic carbocycles. The summed E-state index contributed by atoms with van der Waals surface area (Å²) in [5.41, 5.74) is 12.1. The lowest BCUT2D eigenvalue weighted by atomic mass is 9.99. The average molecular weight is 587 g/mol. The van der Waals surface area contributed by atoms with E-state index in [0.29, 0.717) is 5.69 Å². The van der Waals surface area contributed by atoms with E-state index in [9.17, 15) is 0 Å².